The first-order valence-electron chi connectivity index (χ1n) is 12.9. The number of carbonyl (C=O) groups is 2. The number of esters is 2. The highest BCUT2D eigenvalue weighted by Gasteiger charge is 2.60. The molecular formula is C29H38F2O4Si2. The summed E-state index contributed by atoms with van der Waals surface area (Å²) in [6.07, 6.45) is -1.55. The molecule has 3 rings (SSSR count). The lowest BCUT2D eigenvalue weighted by Crippen LogP contribution is -2.65. The number of benzene rings is 2. The predicted octanol–water partition coefficient (Wildman–Crippen LogP) is 5.45. The van der Waals surface area contributed by atoms with E-state index in [2.05, 4.69) is 50.5 Å². The smallest absolute Gasteiger partial charge is 0.327 e. The second kappa shape index (κ2) is 11.4. The molecule has 200 valence electrons. The van der Waals surface area contributed by atoms with E-state index in [1.807, 2.05) is 36.4 Å². The first-order chi connectivity index (χ1) is 17.4. The van der Waals surface area contributed by atoms with E-state index < -0.39 is 45.8 Å². The Bertz CT molecular complexity index is 1060. The monoisotopic (exact) mass is 544 g/mol. The van der Waals surface area contributed by atoms with E-state index in [0.29, 0.717) is 5.57 Å². The number of halogens is 2. The number of hydrogen-bond donors (Lipinski definition) is 0. The van der Waals surface area contributed by atoms with Crippen molar-refractivity contribution in [3.63, 3.8) is 0 Å². The topological polar surface area (TPSA) is 52.6 Å². The average Bonchev–Trinajstić information content (AvgIpc) is 3.26. The van der Waals surface area contributed by atoms with Gasteiger partial charge < -0.3 is 9.47 Å². The number of hydrogen-bond acceptors (Lipinski definition) is 4. The number of ether oxygens (including phenoxy) is 2. The van der Waals surface area contributed by atoms with Gasteiger partial charge in [0.2, 0.25) is 6.43 Å². The van der Waals surface area contributed by atoms with Crippen LogP contribution in [0.5, 0.6) is 0 Å². The van der Waals surface area contributed by atoms with Crippen molar-refractivity contribution in [2.75, 3.05) is 13.2 Å². The molecule has 0 fully saturated rings. The number of allylic oxidation sites excluding steroid dienone is 1. The Morgan fingerprint density at radius 1 is 0.865 bits per heavy atom. The van der Waals surface area contributed by atoms with E-state index in [0.717, 1.165) is 10.4 Å². The third-order valence-corrected chi connectivity index (χ3v) is 18.4. The lowest BCUT2D eigenvalue weighted by Gasteiger charge is -2.46. The quantitative estimate of drug-likeness (QED) is 0.173. The minimum Gasteiger partial charge on any atom is -0.465 e. The molecule has 0 saturated carbocycles. The van der Waals surface area contributed by atoms with Crippen LogP contribution in [0.1, 0.15) is 20.3 Å². The minimum atomic E-state index is -2.74. The second-order valence-corrected chi connectivity index (χ2v) is 21.0. The van der Waals surface area contributed by atoms with Gasteiger partial charge in [0, 0.05) is 14.0 Å². The molecule has 4 nitrogen and oxygen atoms in total. The van der Waals surface area contributed by atoms with Gasteiger partial charge in [0.05, 0.1) is 13.2 Å². The molecule has 0 aliphatic heterocycles. The van der Waals surface area contributed by atoms with Gasteiger partial charge in [-0.15, -0.1) is 0 Å². The first-order valence-corrected chi connectivity index (χ1v) is 19.0. The molecule has 0 heterocycles. The molecule has 0 aromatic heterocycles. The fourth-order valence-electron chi connectivity index (χ4n) is 6.10. The van der Waals surface area contributed by atoms with Crippen LogP contribution in [0, 0.1) is 11.3 Å². The molecule has 2 aromatic rings. The summed E-state index contributed by atoms with van der Waals surface area (Å²) in [5.74, 6) is -2.87. The van der Waals surface area contributed by atoms with Gasteiger partial charge >= 0.3 is 11.9 Å². The summed E-state index contributed by atoms with van der Waals surface area (Å²) in [5, 5.41) is 2.05. The van der Waals surface area contributed by atoms with Crippen LogP contribution in [0.15, 0.2) is 72.3 Å². The molecule has 1 aliphatic carbocycles. The molecule has 37 heavy (non-hydrogen) atoms. The maximum atomic E-state index is 14.9. The molecule has 0 radical (unpaired) electrons. The highest BCUT2D eigenvalue weighted by molar-refractivity contribution is 7.11. The lowest BCUT2D eigenvalue weighted by molar-refractivity contribution is -0.168. The first kappa shape index (κ1) is 29.0. The summed E-state index contributed by atoms with van der Waals surface area (Å²) in [4.78, 5) is 26.5. The molecule has 0 bridgehead atoms. The van der Waals surface area contributed by atoms with E-state index in [1.54, 1.807) is 13.8 Å². The van der Waals surface area contributed by atoms with Crippen LogP contribution >= 0.6 is 0 Å². The van der Waals surface area contributed by atoms with Crippen molar-refractivity contribution in [1.29, 1.82) is 0 Å². The molecule has 0 spiro atoms. The van der Waals surface area contributed by atoms with Crippen LogP contribution in [0.3, 0.4) is 0 Å². The molecule has 1 aliphatic rings. The van der Waals surface area contributed by atoms with Gasteiger partial charge in [-0.2, -0.15) is 0 Å². The van der Waals surface area contributed by atoms with E-state index in [4.69, 9.17) is 9.47 Å². The van der Waals surface area contributed by atoms with Crippen molar-refractivity contribution in [1.82, 2.24) is 0 Å². The molecule has 0 N–H and O–H groups in total. The van der Waals surface area contributed by atoms with Crippen LogP contribution in [-0.2, 0) is 19.1 Å². The van der Waals surface area contributed by atoms with E-state index >= 15 is 0 Å². The SMILES string of the molecule is CCOC(=O)C1(C(=O)OCC)C=C(C([Si](C)(C)C)[Si](C)(c2ccccc2)c2ccccc2)C(C(F)F)C1. The predicted molar refractivity (Wildman–Crippen MR) is 149 cm³/mol. The normalized spacial score (nSPS) is 18.3. The third-order valence-electron chi connectivity index (χ3n) is 7.49. The molecule has 0 amide bonds. The van der Waals surface area contributed by atoms with Gasteiger partial charge in [-0.25, -0.2) is 8.78 Å². The summed E-state index contributed by atoms with van der Waals surface area (Å²) in [5.41, 5.74) is -1.36. The molecule has 0 saturated heterocycles. The van der Waals surface area contributed by atoms with Gasteiger partial charge in [-0.3, -0.25) is 9.59 Å². The van der Waals surface area contributed by atoms with Crippen LogP contribution < -0.4 is 10.4 Å². The molecule has 2 unspecified atom stereocenters. The zero-order chi connectivity index (χ0) is 27.4. The van der Waals surface area contributed by atoms with Gasteiger partial charge in [0.25, 0.3) is 0 Å². The Hall–Kier alpha value is -2.59. The van der Waals surface area contributed by atoms with Crippen molar-refractivity contribution in [3.05, 3.63) is 72.3 Å². The standard InChI is InChI=1S/C29H38F2O4Si2/c1-7-34-27(32)29(28(33)35-8-2)19-23(25(30)31)24(20-29)26(36(3,4)5)37(6,21-15-11-9-12-16-21)22-17-13-10-14-18-22/h9-18,20,23,25-26H,7-8,19H2,1-6H3. The largest absolute Gasteiger partial charge is 0.465 e. The van der Waals surface area contributed by atoms with Crippen molar-refractivity contribution in [2.45, 2.75) is 58.0 Å². The Balaban J connectivity index is 2.37. The van der Waals surface area contributed by atoms with Crippen molar-refractivity contribution < 1.29 is 27.8 Å². The van der Waals surface area contributed by atoms with Crippen molar-refractivity contribution in [3.8, 4) is 0 Å². The fraction of sp³-hybridized carbons (Fsp3) is 0.448. The summed E-state index contributed by atoms with van der Waals surface area (Å²) in [6, 6.07) is 20.2. The average molecular weight is 545 g/mol. The Morgan fingerprint density at radius 2 is 1.30 bits per heavy atom. The summed E-state index contributed by atoms with van der Waals surface area (Å²) in [7, 11) is -4.99. The van der Waals surface area contributed by atoms with Gasteiger partial charge in [-0.05, 0) is 25.4 Å². The molecular weight excluding hydrogens is 506 g/mol. The van der Waals surface area contributed by atoms with Crippen LogP contribution in [0.4, 0.5) is 8.78 Å². The Kier molecular flexibility index (Phi) is 8.95. The maximum Gasteiger partial charge on any atom is 0.327 e. The lowest BCUT2D eigenvalue weighted by atomic mass is 9.85. The maximum absolute atomic E-state index is 14.9. The third kappa shape index (κ3) is 5.50. The minimum absolute atomic E-state index is 0.0421. The molecule has 2 atom stereocenters. The highest BCUT2D eigenvalue weighted by Crippen LogP contribution is 2.53. The van der Waals surface area contributed by atoms with Gasteiger partial charge in [-0.1, -0.05) is 109 Å². The molecule has 8 heteroatoms. The zero-order valence-corrected chi connectivity index (χ0v) is 24.6. The number of carbonyl (C=O) groups excluding carboxylic acids is 2. The van der Waals surface area contributed by atoms with Crippen LogP contribution in [0.2, 0.25) is 31.4 Å². The fourth-order valence-corrected chi connectivity index (χ4v) is 19.1. The number of rotatable bonds is 10. The van der Waals surface area contributed by atoms with Gasteiger partial charge in [0.15, 0.2) is 5.41 Å². The Morgan fingerprint density at radius 3 is 1.65 bits per heavy atom. The van der Waals surface area contributed by atoms with Crippen molar-refractivity contribution in [2.24, 2.45) is 11.3 Å². The van der Waals surface area contributed by atoms with E-state index in [9.17, 15) is 18.4 Å². The summed E-state index contributed by atoms with van der Waals surface area (Å²) in [6.45, 7) is 12.2. The van der Waals surface area contributed by atoms with Gasteiger partial charge in [0.1, 0.15) is 8.07 Å². The highest BCUT2D eigenvalue weighted by atomic mass is 28.4. The van der Waals surface area contributed by atoms with Crippen LogP contribution in [-0.4, -0.2) is 47.7 Å². The second-order valence-electron chi connectivity index (χ2n) is 10.9. The van der Waals surface area contributed by atoms with E-state index in [-0.39, 0.29) is 24.8 Å². The Labute approximate surface area is 221 Å². The number of alkyl halides is 2. The summed E-state index contributed by atoms with van der Waals surface area (Å²) >= 11 is 0. The van der Waals surface area contributed by atoms with E-state index in [1.165, 1.54) is 6.08 Å². The summed E-state index contributed by atoms with van der Waals surface area (Å²) < 4.78 is 40.3. The zero-order valence-electron chi connectivity index (χ0n) is 22.6. The van der Waals surface area contributed by atoms with Crippen molar-refractivity contribution >= 4 is 38.5 Å². The van der Waals surface area contributed by atoms with Crippen LogP contribution in [0.25, 0.3) is 0 Å². The molecule has 2 aromatic carbocycles.